The number of hydrogen-bond acceptors (Lipinski definition) is 7. The fourth-order valence-corrected chi connectivity index (χ4v) is 2.70. The monoisotopic (exact) mass is 380 g/mol. The van der Waals surface area contributed by atoms with Crippen LogP contribution in [0.3, 0.4) is 0 Å². The van der Waals surface area contributed by atoms with E-state index in [9.17, 15) is 4.79 Å². The van der Waals surface area contributed by atoms with Gasteiger partial charge in [-0.2, -0.15) is 0 Å². The van der Waals surface area contributed by atoms with E-state index in [0.717, 1.165) is 10.6 Å². The first-order valence-corrected chi connectivity index (χ1v) is 9.64. The van der Waals surface area contributed by atoms with Crippen molar-refractivity contribution in [2.45, 2.75) is 4.90 Å². The third kappa shape index (κ3) is 5.68. The van der Waals surface area contributed by atoms with Crippen molar-refractivity contribution in [1.29, 1.82) is 0 Å². The number of pyridine rings is 1. The van der Waals surface area contributed by atoms with Crippen molar-refractivity contribution >= 4 is 35.0 Å². The number of amides is 1. The van der Waals surface area contributed by atoms with Crippen molar-refractivity contribution in [3.63, 3.8) is 0 Å². The number of nitrogens with one attached hydrogen (secondary N) is 3. The predicted molar refractivity (Wildman–Crippen MR) is 109 cm³/mol. The minimum Gasteiger partial charge on any atom is -0.367 e. The third-order valence-corrected chi connectivity index (χ3v) is 4.41. The van der Waals surface area contributed by atoms with Gasteiger partial charge in [0.1, 0.15) is 5.82 Å². The molecule has 0 aliphatic heterocycles. The molecular formula is C19H20N6OS. The number of thioether (sulfide) groups is 1. The molecule has 0 atom stereocenters. The van der Waals surface area contributed by atoms with Crippen molar-refractivity contribution in [3.8, 4) is 0 Å². The fraction of sp³-hybridized carbons (Fsp3) is 0.158. The second kappa shape index (κ2) is 9.54. The molecule has 0 aliphatic carbocycles. The van der Waals surface area contributed by atoms with Gasteiger partial charge in [0.25, 0.3) is 5.91 Å². The zero-order valence-electron chi connectivity index (χ0n) is 14.8. The largest absolute Gasteiger partial charge is 0.367 e. The van der Waals surface area contributed by atoms with E-state index in [1.807, 2.05) is 54.8 Å². The molecule has 138 valence electrons. The summed E-state index contributed by atoms with van der Waals surface area (Å²) in [5.41, 5.74) is 1.50. The molecule has 3 aromatic rings. The Kier molecular flexibility index (Phi) is 6.59. The van der Waals surface area contributed by atoms with Crippen LogP contribution >= 0.6 is 11.8 Å². The van der Waals surface area contributed by atoms with Gasteiger partial charge in [-0.3, -0.25) is 9.78 Å². The lowest BCUT2D eigenvalue weighted by Gasteiger charge is -2.08. The zero-order chi connectivity index (χ0) is 18.9. The molecule has 2 aromatic heterocycles. The van der Waals surface area contributed by atoms with E-state index in [1.54, 1.807) is 24.2 Å². The summed E-state index contributed by atoms with van der Waals surface area (Å²) in [6.07, 6.45) is 5.43. The molecule has 0 bridgehead atoms. The highest BCUT2D eigenvalue weighted by Crippen LogP contribution is 2.15. The maximum absolute atomic E-state index is 12.1. The van der Waals surface area contributed by atoms with E-state index >= 15 is 0 Å². The Morgan fingerprint density at radius 1 is 1.00 bits per heavy atom. The van der Waals surface area contributed by atoms with Gasteiger partial charge < -0.3 is 16.0 Å². The van der Waals surface area contributed by atoms with Gasteiger partial charge in [0, 0.05) is 29.7 Å². The van der Waals surface area contributed by atoms with E-state index in [2.05, 4.69) is 31.1 Å². The zero-order valence-corrected chi connectivity index (χ0v) is 15.7. The molecule has 2 heterocycles. The standard InChI is InChI=1S/C19H20N6OS/c1-27-16-6-4-14(5-7-16)19(26)22-12-11-21-17-8-9-18(25-24-17)23-15-3-2-10-20-13-15/h2-10,13H,11-12H2,1H3,(H,21,24)(H,22,26)(H,23,25). The molecule has 1 amide bonds. The van der Waals surface area contributed by atoms with Gasteiger partial charge in [-0.15, -0.1) is 22.0 Å². The smallest absolute Gasteiger partial charge is 0.251 e. The van der Waals surface area contributed by atoms with Gasteiger partial charge in [0.2, 0.25) is 0 Å². The van der Waals surface area contributed by atoms with Gasteiger partial charge in [0.15, 0.2) is 5.82 Å². The van der Waals surface area contributed by atoms with Gasteiger partial charge in [0.05, 0.1) is 11.9 Å². The maximum Gasteiger partial charge on any atom is 0.251 e. The quantitative estimate of drug-likeness (QED) is 0.408. The summed E-state index contributed by atoms with van der Waals surface area (Å²) < 4.78 is 0. The molecule has 1 aromatic carbocycles. The summed E-state index contributed by atoms with van der Waals surface area (Å²) in [7, 11) is 0. The van der Waals surface area contributed by atoms with E-state index in [0.29, 0.717) is 30.3 Å². The Morgan fingerprint density at radius 3 is 2.44 bits per heavy atom. The van der Waals surface area contributed by atoms with E-state index in [1.165, 1.54) is 0 Å². The van der Waals surface area contributed by atoms with Crippen LogP contribution in [-0.2, 0) is 0 Å². The lowest BCUT2D eigenvalue weighted by Crippen LogP contribution is -2.28. The average Bonchev–Trinajstić information content (AvgIpc) is 2.73. The minimum atomic E-state index is -0.0912. The first-order chi connectivity index (χ1) is 13.2. The summed E-state index contributed by atoms with van der Waals surface area (Å²) in [6, 6.07) is 14.9. The maximum atomic E-state index is 12.1. The van der Waals surface area contributed by atoms with Crippen LogP contribution in [0.15, 0.2) is 65.8 Å². The Labute approximate surface area is 162 Å². The van der Waals surface area contributed by atoms with Crippen molar-refractivity contribution in [2.75, 3.05) is 30.0 Å². The number of benzene rings is 1. The topological polar surface area (TPSA) is 91.8 Å². The minimum absolute atomic E-state index is 0.0912. The molecule has 7 nitrogen and oxygen atoms in total. The Bertz CT molecular complexity index is 856. The average molecular weight is 380 g/mol. The van der Waals surface area contributed by atoms with E-state index in [4.69, 9.17) is 0 Å². The van der Waals surface area contributed by atoms with Crippen LogP contribution in [0, 0.1) is 0 Å². The molecule has 0 spiro atoms. The van der Waals surface area contributed by atoms with Gasteiger partial charge in [-0.1, -0.05) is 0 Å². The highest BCUT2D eigenvalue weighted by molar-refractivity contribution is 7.98. The number of nitrogens with zero attached hydrogens (tertiary/aromatic N) is 3. The SMILES string of the molecule is CSc1ccc(C(=O)NCCNc2ccc(Nc3cccnc3)nn2)cc1. The Balaban J connectivity index is 1.41. The summed E-state index contributed by atoms with van der Waals surface area (Å²) in [5, 5.41) is 17.3. The molecule has 0 aliphatic rings. The number of aromatic nitrogens is 3. The van der Waals surface area contributed by atoms with Crippen molar-refractivity contribution < 1.29 is 4.79 Å². The first kappa shape index (κ1) is 18.7. The van der Waals surface area contributed by atoms with Gasteiger partial charge in [-0.25, -0.2) is 0 Å². The molecule has 0 radical (unpaired) electrons. The highest BCUT2D eigenvalue weighted by Gasteiger charge is 2.04. The summed E-state index contributed by atoms with van der Waals surface area (Å²) in [5.74, 6) is 1.19. The van der Waals surface area contributed by atoms with Crippen molar-refractivity contribution in [2.24, 2.45) is 0 Å². The first-order valence-electron chi connectivity index (χ1n) is 8.41. The van der Waals surface area contributed by atoms with Crippen LogP contribution in [0.1, 0.15) is 10.4 Å². The Morgan fingerprint density at radius 2 is 1.78 bits per heavy atom. The normalized spacial score (nSPS) is 10.3. The van der Waals surface area contributed by atoms with Crippen molar-refractivity contribution in [1.82, 2.24) is 20.5 Å². The second-order valence-corrected chi connectivity index (χ2v) is 6.46. The van der Waals surface area contributed by atoms with Crippen LogP contribution in [0.25, 0.3) is 0 Å². The summed E-state index contributed by atoms with van der Waals surface area (Å²) in [6.45, 7) is 1.04. The molecule has 0 fully saturated rings. The third-order valence-electron chi connectivity index (χ3n) is 3.67. The molecule has 0 saturated heterocycles. The molecule has 0 saturated carbocycles. The van der Waals surface area contributed by atoms with Gasteiger partial charge in [-0.05, 0) is 54.8 Å². The molecule has 8 heteroatoms. The van der Waals surface area contributed by atoms with Crippen LogP contribution in [0.2, 0.25) is 0 Å². The molecule has 27 heavy (non-hydrogen) atoms. The second-order valence-electron chi connectivity index (χ2n) is 5.58. The molecule has 3 N–H and O–H groups in total. The molecular weight excluding hydrogens is 360 g/mol. The number of anilines is 3. The van der Waals surface area contributed by atoms with Crippen LogP contribution in [-0.4, -0.2) is 40.4 Å². The lowest BCUT2D eigenvalue weighted by molar-refractivity contribution is 0.0955. The van der Waals surface area contributed by atoms with E-state index < -0.39 is 0 Å². The van der Waals surface area contributed by atoms with Crippen LogP contribution in [0.5, 0.6) is 0 Å². The predicted octanol–water partition coefficient (Wildman–Crippen LogP) is 3.18. The summed E-state index contributed by atoms with van der Waals surface area (Å²) >= 11 is 1.65. The van der Waals surface area contributed by atoms with Gasteiger partial charge >= 0.3 is 0 Å². The van der Waals surface area contributed by atoms with Crippen LogP contribution < -0.4 is 16.0 Å². The number of carbonyl (C=O) groups excluding carboxylic acids is 1. The highest BCUT2D eigenvalue weighted by atomic mass is 32.2. The Hall–Kier alpha value is -3.13. The number of carbonyl (C=O) groups is 1. The van der Waals surface area contributed by atoms with E-state index in [-0.39, 0.29) is 5.91 Å². The number of hydrogen-bond donors (Lipinski definition) is 3. The number of rotatable bonds is 8. The summed E-state index contributed by atoms with van der Waals surface area (Å²) in [4.78, 5) is 17.3. The molecule has 0 unspecified atom stereocenters. The van der Waals surface area contributed by atoms with Crippen LogP contribution in [0.4, 0.5) is 17.3 Å². The lowest BCUT2D eigenvalue weighted by atomic mass is 10.2. The fourth-order valence-electron chi connectivity index (χ4n) is 2.29. The molecule has 3 rings (SSSR count). The van der Waals surface area contributed by atoms with Crippen molar-refractivity contribution in [3.05, 3.63) is 66.5 Å².